The van der Waals surface area contributed by atoms with E-state index in [-0.39, 0.29) is 18.4 Å². The second-order valence-electron chi connectivity index (χ2n) is 6.52. The fourth-order valence-corrected chi connectivity index (χ4v) is 3.27. The van der Waals surface area contributed by atoms with Crippen LogP contribution in [0, 0.1) is 25.7 Å². The summed E-state index contributed by atoms with van der Waals surface area (Å²) in [6.07, 6.45) is 0. The Morgan fingerprint density at radius 2 is 1.83 bits per heavy atom. The van der Waals surface area contributed by atoms with Gasteiger partial charge >= 0.3 is 5.97 Å². The molecule has 1 aromatic carbocycles. The lowest BCUT2D eigenvalue weighted by atomic mass is 9.99. The molecule has 2 aromatic rings. The van der Waals surface area contributed by atoms with Gasteiger partial charge in [0.2, 0.25) is 0 Å². The zero-order valence-corrected chi connectivity index (χ0v) is 14.1. The van der Waals surface area contributed by atoms with E-state index in [1.54, 1.807) is 17.0 Å². The van der Waals surface area contributed by atoms with Crippen LogP contribution in [0.1, 0.15) is 28.7 Å². The van der Waals surface area contributed by atoms with Gasteiger partial charge < -0.3 is 10.0 Å². The van der Waals surface area contributed by atoms with E-state index >= 15 is 0 Å². The first-order chi connectivity index (χ1) is 11.4. The lowest BCUT2D eigenvalue weighted by Crippen LogP contribution is -2.29. The van der Waals surface area contributed by atoms with Gasteiger partial charge in [-0.05, 0) is 50.1 Å². The average molecular weight is 327 g/mol. The summed E-state index contributed by atoms with van der Waals surface area (Å²) >= 11 is 0. The molecule has 24 heavy (non-hydrogen) atoms. The fraction of sp³-hybridized carbons (Fsp3) is 0.389. The summed E-state index contributed by atoms with van der Waals surface area (Å²) in [4.78, 5) is 25.4. The Morgan fingerprint density at radius 3 is 2.33 bits per heavy atom. The molecule has 6 heteroatoms. The van der Waals surface area contributed by atoms with E-state index in [0.717, 1.165) is 17.1 Å². The first-order valence-corrected chi connectivity index (χ1v) is 8.02. The van der Waals surface area contributed by atoms with Crippen LogP contribution in [-0.2, 0) is 4.79 Å². The summed E-state index contributed by atoms with van der Waals surface area (Å²) < 4.78 is 1.84. The molecule has 0 saturated carbocycles. The lowest BCUT2D eigenvalue weighted by molar-refractivity contribution is -0.142. The third-order valence-electron chi connectivity index (χ3n) is 4.59. The van der Waals surface area contributed by atoms with Crippen molar-refractivity contribution in [1.29, 1.82) is 0 Å². The van der Waals surface area contributed by atoms with Crippen molar-refractivity contribution in [2.75, 3.05) is 13.1 Å². The Morgan fingerprint density at radius 1 is 1.17 bits per heavy atom. The Kier molecular flexibility index (Phi) is 4.13. The van der Waals surface area contributed by atoms with E-state index in [2.05, 4.69) is 5.10 Å². The predicted molar refractivity (Wildman–Crippen MR) is 89.2 cm³/mol. The van der Waals surface area contributed by atoms with Crippen LogP contribution in [0.2, 0.25) is 0 Å². The van der Waals surface area contributed by atoms with Gasteiger partial charge in [-0.3, -0.25) is 9.59 Å². The van der Waals surface area contributed by atoms with Crippen LogP contribution in [0.25, 0.3) is 5.69 Å². The highest BCUT2D eigenvalue weighted by Gasteiger charge is 2.37. The average Bonchev–Trinajstić information content (AvgIpc) is 3.09. The molecule has 1 N–H and O–H groups in total. The van der Waals surface area contributed by atoms with Gasteiger partial charge in [0.15, 0.2) is 0 Å². The van der Waals surface area contributed by atoms with Crippen LogP contribution in [-0.4, -0.2) is 44.8 Å². The number of aromatic nitrogens is 2. The molecule has 1 saturated heterocycles. The van der Waals surface area contributed by atoms with Crippen molar-refractivity contribution in [3.05, 3.63) is 47.3 Å². The van der Waals surface area contributed by atoms with Gasteiger partial charge in [0.05, 0.1) is 17.3 Å². The summed E-state index contributed by atoms with van der Waals surface area (Å²) in [5.41, 5.74) is 3.44. The van der Waals surface area contributed by atoms with E-state index in [4.69, 9.17) is 0 Å². The Labute approximate surface area is 140 Å². The molecule has 1 aliphatic rings. The van der Waals surface area contributed by atoms with Crippen molar-refractivity contribution in [3.8, 4) is 5.69 Å². The lowest BCUT2D eigenvalue weighted by Gasteiger charge is -2.16. The zero-order valence-electron chi connectivity index (χ0n) is 14.1. The summed E-state index contributed by atoms with van der Waals surface area (Å²) in [5, 5.41) is 13.6. The molecule has 0 spiro atoms. The number of carboxylic acids is 1. The zero-order chi connectivity index (χ0) is 17.4. The summed E-state index contributed by atoms with van der Waals surface area (Å²) in [7, 11) is 0. The minimum absolute atomic E-state index is 0.0274. The van der Waals surface area contributed by atoms with E-state index in [0.29, 0.717) is 12.1 Å². The molecule has 0 radical (unpaired) electrons. The highest BCUT2D eigenvalue weighted by Crippen LogP contribution is 2.25. The van der Waals surface area contributed by atoms with Gasteiger partial charge in [-0.25, -0.2) is 4.68 Å². The van der Waals surface area contributed by atoms with Gasteiger partial charge in [-0.1, -0.05) is 6.92 Å². The number of carbonyl (C=O) groups is 2. The van der Waals surface area contributed by atoms with Gasteiger partial charge in [0.25, 0.3) is 5.91 Å². The number of aliphatic carboxylic acids is 1. The number of benzene rings is 1. The molecule has 1 aliphatic heterocycles. The summed E-state index contributed by atoms with van der Waals surface area (Å²) in [6, 6.07) is 9.26. The predicted octanol–water partition coefficient (Wildman–Crippen LogP) is 2.28. The molecule has 6 nitrogen and oxygen atoms in total. The van der Waals surface area contributed by atoms with Crippen molar-refractivity contribution in [3.63, 3.8) is 0 Å². The Hall–Kier alpha value is -2.63. The van der Waals surface area contributed by atoms with Crippen molar-refractivity contribution >= 4 is 11.9 Å². The number of nitrogens with zero attached hydrogens (tertiary/aromatic N) is 3. The van der Waals surface area contributed by atoms with Gasteiger partial charge in [0.1, 0.15) is 0 Å². The second kappa shape index (κ2) is 6.11. The first kappa shape index (κ1) is 16.2. The highest BCUT2D eigenvalue weighted by molar-refractivity contribution is 5.95. The number of aryl methyl sites for hydroxylation is 2. The number of likely N-dealkylation sites (tertiary alicyclic amines) is 1. The van der Waals surface area contributed by atoms with Crippen LogP contribution >= 0.6 is 0 Å². The van der Waals surface area contributed by atoms with Crippen LogP contribution in [0.4, 0.5) is 0 Å². The molecule has 0 bridgehead atoms. The number of amides is 1. The molecular formula is C18H21N3O3. The minimum atomic E-state index is -0.835. The molecule has 0 unspecified atom stereocenters. The second-order valence-corrected chi connectivity index (χ2v) is 6.52. The van der Waals surface area contributed by atoms with Crippen molar-refractivity contribution < 1.29 is 14.7 Å². The molecule has 2 heterocycles. The van der Waals surface area contributed by atoms with Gasteiger partial charge in [-0.15, -0.1) is 0 Å². The smallest absolute Gasteiger partial charge is 0.308 e. The maximum atomic E-state index is 12.6. The largest absolute Gasteiger partial charge is 0.481 e. The maximum Gasteiger partial charge on any atom is 0.308 e. The summed E-state index contributed by atoms with van der Waals surface area (Å²) in [5.74, 6) is -1.47. The van der Waals surface area contributed by atoms with E-state index < -0.39 is 11.9 Å². The standard InChI is InChI=1S/C18H21N3O3/c1-11-9-20(10-16(11)18(23)24)17(22)14-4-6-15(7-5-14)21-13(3)8-12(2)19-21/h4-8,11,16H,9-10H2,1-3H3,(H,23,24)/t11-,16-/m1/s1. The molecule has 1 aromatic heterocycles. The third-order valence-corrected chi connectivity index (χ3v) is 4.59. The summed E-state index contributed by atoms with van der Waals surface area (Å²) in [6.45, 7) is 6.55. The van der Waals surface area contributed by atoms with Crippen LogP contribution in [0.3, 0.4) is 0 Å². The van der Waals surface area contributed by atoms with E-state index in [1.165, 1.54) is 0 Å². The maximum absolute atomic E-state index is 12.6. The quantitative estimate of drug-likeness (QED) is 0.938. The topological polar surface area (TPSA) is 75.4 Å². The van der Waals surface area contributed by atoms with Crippen LogP contribution in [0.5, 0.6) is 0 Å². The monoisotopic (exact) mass is 327 g/mol. The Bertz CT molecular complexity index is 779. The van der Waals surface area contributed by atoms with Gasteiger partial charge in [-0.2, -0.15) is 5.10 Å². The van der Waals surface area contributed by atoms with Crippen LogP contribution in [0.15, 0.2) is 30.3 Å². The number of hydrogen-bond donors (Lipinski definition) is 1. The first-order valence-electron chi connectivity index (χ1n) is 8.02. The number of carbonyl (C=O) groups excluding carboxylic acids is 1. The molecule has 126 valence electrons. The van der Waals surface area contributed by atoms with Crippen LogP contribution < -0.4 is 0 Å². The molecule has 2 atom stereocenters. The molecule has 3 rings (SSSR count). The van der Waals surface area contributed by atoms with Gasteiger partial charge in [0, 0.05) is 24.3 Å². The number of hydrogen-bond acceptors (Lipinski definition) is 3. The highest BCUT2D eigenvalue weighted by atomic mass is 16.4. The SMILES string of the molecule is Cc1cc(C)n(-c2ccc(C(=O)N3C[C@@H](C)[C@H](C(=O)O)C3)cc2)n1. The normalized spacial score (nSPS) is 20.4. The number of rotatable bonds is 3. The Balaban J connectivity index is 1.77. The number of carboxylic acid groups (broad SMARTS) is 1. The molecular weight excluding hydrogens is 306 g/mol. The molecule has 0 aliphatic carbocycles. The minimum Gasteiger partial charge on any atom is -0.481 e. The van der Waals surface area contributed by atoms with Crippen molar-refractivity contribution in [1.82, 2.24) is 14.7 Å². The van der Waals surface area contributed by atoms with E-state index in [9.17, 15) is 14.7 Å². The molecule has 1 amide bonds. The van der Waals surface area contributed by atoms with Crippen molar-refractivity contribution in [2.45, 2.75) is 20.8 Å². The van der Waals surface area contributed by atoms with Crippen molar-refractivity contribution in [2.24, 2.45) is 11.8 Å². The fourth-order valence-electron chi connectivity index (χ4n) is 3.27. The van der Waals surface area contributed by atoms with E-state index in [1.807, 2.05) is 43.7 Å². The third kappa shape index (κ3) is 2.91. The molecule has 1 fully saturated rings.